The summed E-state index contributed by atoms with van der Waals surface area (Å²) in [4.78, 5) is 0. The van der Waals surface area contributed by atoms with Crippen LogP contribution in [0.15, 0.2) is 77.9 Å². The molecule has 28 heavy (non-hydrogen) atoms. The van der Waals surface area contributed by atoms with Crippen LogP contribution in [0.2, 0.25) is 0 Å². The van der Waals surface area contributed by atoms with Gasteiger partial charge < -0.3 is 10.1 Å². The molecule has 0 saturated heterocycles. The maximum atomic E-state index is 5.79. The van der Waals surface area contributed by atoms with Crippen molar-refractivity contribution in [2.75, 3.05) is 5.32 Å². The fourth-order valence-corrected chi connectivity index (χ4v) is 2.76. The molecule has 3 aromatic carbocycles. The van der Waals surface area contributed by atoms with Gasteiger partial charge in [0.05, 0.1) is 6.21 Å². The molecule has 3 rings (SSSR count). The lowest BCUT2D eigenvalue weighted by Crippen LogP contribution is -2.24. The molecule has 0 radical (unpaired) electrons. The molecular formula is C23H23N3OS. The number of thiocarbonyl (C=S) groups is 1. The largest absolute Gasteiger partial charge is 0.489 e. The smallest absolute Gasteiger partial charge is 0.191 e. The highest BCUT2D eigenvalue weighted by Gasteiger charge is 2.02. The number of nitrogens with one attached hydrogen (secondary N) is 2. The molecule has 0 aliphatic heterocycles. The van der Waals surface area contributed by atoms with Crippen molar-refractivity contribution in [2.24, 2.45) is 5.10 Å². The van der Waals surface area contributed by atoms with Crippen LogP contribution in [0.25, 0.3) is 0 Å². The van der Waals surface area contributed by atoms with Gasteiger partial charge in [-0.25, -0.2) is 0 Å². The van der Waals surface area contributed by atoms with E-state index in [2.05, 4.69) is 35.8 Å². The Morgan fingerprint density at radius 3 is 2.46 bits per heavy atom. The maximum Gasteiger partial charge on any atom is 0.191 e. The summed E-state index contributed by atoms with van der Waals surface area (Å²) in [5.41, 5.74) is 8.30. The molecule has 0 spiro atoms. The standard InChI is InChI=1S/C23H23N3OS/c1-17-7-6-10-22(18(17)2)25-23(28)26-24-15-19-11-13-21(14-12-19)27-16-20-8-4-3-5-9-20/h3-15H,16H2,1-2H3,(H2,25,26,28)/b24-15-. The van der Waals surface area contributed by atoms with Gasteiger partial charge in [-0.3, -0.25) is 5.43 Å². The highest BCUT2D eigenvalue weighted by Crippen LogP contribution is 2.17. The number of hydrazone groups is 1. The van der Waals surface area contributed by atoms with Crippen LogP contribution in [0.3, 0.4) is 0 Å². The minimum absolute atomic E-state index is 0.452. The Morgan fingerprint density at radius 2 is 1.71 bits per heavy atom. The van der Waals surface area contributed by atoms with Gasteiger partial charge in [0.1, 0.15) is 12.4 Å². The van der Waals surface area contributed by atoms with Gasteiger partial charge in [-0.2, -0.15) is 5.10 Å². The molecular weight excluding hydrogens is 366 g/mol. The Kier molecular flexibility index (Phi) is 6.76. The molecule has 0 aliphatic rings. The van der Waals surface area contributed by atoms with Crippen LogP contribution in [0.1, 0.15) is 22.3 Å². The lowest BCUT2D eigenvalue weighted by atomic mass is 10.1. The first-order chi connectivity index (χ1) is 13.6. The second-order valence-corrected chi connectivity index (χ2v) is 6.82. The van der Waals surface area contributed by atoms with Crippen LogP contribution in [-0.2, 0) is 6.61 Å². The number of nitrogens with zero attached hydrogens (tertiary/aromatic N) is 1. The Balaban J connectivity index is 1.49. The van der Waals surface area contributed by atoms with E-state index in [1.54, 1.807) is 6.21 Å². The van der Waals surface area contributed by atoms with E-state index in [1.165, 1.54) is 11.1 Å². The van der Waals surface area contributed by atoms with Crippen molar-refractivity contribution in [1.82, 2.24) is 5.43 Å². The number of hydrogen-bond donors (Lipinski definition) is 2. The Morgan fingerprint density at radius 1 is 0.964 bits per heavy atom. The van der Waals surface area contributed by atoms with Crippen molar-refractivity contribution in [3.05, 3.63) is 95.1 Å². The van der Waals surface area contributed by atoms with Gasteiger partial charge in [-0.1, -0.05) is 42.5 Å². The fourth-order valence-electron chi connectivity index (χ4n) is 2.59. The number of benzene rings is 3. The van der Waals surface area contributed by atoms with E-state index in [-0.39, 0.29) is 0 Å². The molecule has 0 saturated carbocycles. The first-order valence-corrected chi connectivity index (χ1v) is 9.46. The number of rotatable bonds is 6. The van der Waals surface area contributed by atoms with Crippen molar-refractivity contribution >= 4 is 29.2 Å². The highest BCUT2D eigenvalue weighted by atomic mass is 32.1. The van der Waals surface area contributed by atoms with Gasteiger partial charge >= 0.3 is 0 Å². The van der Waals surface area contributed by atoms with Gasteiger partial charge in [0.25, 0.3) is 0 Å². The lowest BCUT2D eigenvalue weighted by molar-refractivity contribution is 0.306. The summed E-state index contributed by atoms with van der Waals surface area (Å²) in [6, 6.07) is 23.9. The molecule has 0 atom stereocenters. The number of hydrogen-bond acceptors (Lipinski definition) is 3. The maximum absolute atomic E-state index is 5.79. The topological polar surface area (TPSA) is 45.7 Å². The predicted octanol–water partition coefficient (Wildman–Crippen LogP) is 5.20. The van der Waals surface area contributed by atoms with E-state index in [0.717, 1.165) is 22.6 Å². The Bertz CT molecular complexity index is 953. The zero-order valence-corrected chi connectivity index (χ0v) is 16.8. The second-order valence-electron chi connectivity index (χ2n) is 6.41. The Hall–Kier alpha value is -3.18. The quantitative estimate of drug-likeness (QED) is 0.345. The number of aryl methyl sites for hydroxylation is 1. The van der Waals surface area contributed by atoms with Crippen LogP contribution in [0.5, 0.6) is 5.75 Å². The molecule has 0 fully saturated rings. The number of anilines is 1. The second kappa shape index (κ2) is 9.67. The molecule has 2 N–H and O–H groups in total. The van der Waals surface area contributed by atoms with Crippen LogP contribution in [0.4, 0.5) is 5.69 Å². The normalized spacial score (nSPS) is 10.6. The van der Waals surface area contributed by atoms with Crippen LogP contribution < -0.4 is 15.5 Å². The molecule has 142 valence electrons. The lowest BCUT2D eigenvalue weighted by Gasteiger charge is -2.11. The van der Waals surface area contributed by atoms with E-state index in [1.807, 2.05) is 66.7 Å². The van der Waals surface area contributed by atoms with E-state index in [4.69, 9.17) is 17.0 Å². The van der Waals surface area contributed by atoms with Gasteiger partial charge in [0.15, 0.2) is 5.11 Å². The molecule has 0 heterocycles. The van der Waals surface area contributed by atoms with Gasteiger partial charge in [-0.15, -0.1) is 0 Å². The van der Waals surface area contributed by atoms with Gasteiger partial charge in [-0.05, 0) is 78.7 Å². The van der Waals surface area contributed by atoms with E-state index < -0.39 is 0 Å². The molecule has 0 aromatic heterocycles. The fraction of sp³-hybridized carbons (Fsp3) is 0.130. The van der Waals surface area contributed by atoms with E-state index in [0.29, 0.717) is 11.7 Å². The molecule has 0 amide bonds. The van der Waals surface area contributed by atoms with Gasteiger partial charge in [0.2, 0.25) is 0 Å². The molecule has 0 unspecified atom stereocenters. The number of ether oxygens (including phenoxy) is 1. The molecule has 0 aliphatic carbocycles. The summed E-state index contributed by atoms with van der Waals surface area (Å²) in [5.74, 6) is 0.820. The van der Waals surface area contributed by atoms with Crippen LogP contribution in [-0.4, -0.2) is 11.3 Å². The highest BCUT2D eigenvalue weighted by molar-refractivity contribution is 7.80. The van der Waals surface area contributed by atoms with Crippen LogP contribution >= 0.6 is 12.2 Å². The van der Waals surface area contributed by atoms with Crippen molar-refractivity contribution in [3.8, 4) is 5.75 Å². The molecule has 4 nitrogen and oxygen atoms in total. The summed E-state index contributed by atoms with van der Waals surface area (Å²) in [7, 11) is 0. The zero-order chi connectivity index (χ0) is 19.8. The van der Waals surface area contributed by atoms with Crippen molar-refractivity contribution in [2.45, 2.75) is 20.5 Å². The third-order valence-electron chi connectivity index (χ3n) is 4.36. The molecule has 0 bridgehead atoms. The van der Waals surface area contributed by atoms with E-state index in [9.17, 15) is 0 Å². The predicted molar refractivity (Wildman–Crippen MR) is 120 cm³/mol. The SMILES string of the molecule is Cc1cccc(NC(=S)N/N=C\c2ccc(OCc3ccccc3)cc2)c1C. The van der Waals surface area contributed by atoms with E-state index >= 15 is 0 Å². The minimum atomic E-state index is 0.452. The third-order valence-corrected chi connectivity index (χ3v) is 4.55. The summed E-state index contributed by atoms with van der Waals surface area (Å²) in [6.45, 7) is 4.68. The van der Waals surface area contributed by atoms with Crippen molar-refractivity contribution < 1.29 is 4.74 Å². The first kappa shape index (κ1) is 19.6. The summed E-state index contributed by atoms with van der Waals surface area (Å²) >= 11 is 5.30. The average Bonchev–Trinajstić information content (AvgIpc) is 2.72. The Labute approximate surface area is 171 Å². The average molecular weight is 390 g/mol. The first-order valence-electron chi connectivity index (χ1n) is 9.05. The monoisotopic (exact) mass is 389 g/mol. The summed E-state index contributed by atoms with van der Waals surface area (Å²) < 4.78 is 5.79. The van der Waals surface area contributed by atoms with Crippen molar-refractivity contribution in [3.63, 3.8) is 0 Å². The summed E-state index contributed by atoms with van der Waals surface area (Å²) in [5, 5.41) is 7.81. The van der Waals surface area contributed by atoms with Gasteiger partial charge in [0, 0.05) is 5.69 Å². The zero-order valence-electron chi connectivity index (χ0n) is 16.0. The van der Waals surface area contributed by atoms with Crippen molar-refractivity contribution in [1.29, 1.82) is 0 Å². The molecule has 3 aromatic rings. The molecule has 5 heteroatoms. The minimum Gasteiger partial charge on any atom is -0.489 e. The third kappa shape index (κ3) is 5.66. The van der Waals surface area contributed by atoms with Crippen LogP contribution in [0, 0.1) is 13.8 Å². The summed E-state index contributed by atoms with van der Waals surface area (Å²) in [6.07, 6.45) is 1.72.